The van der Waals surface area contributed by atoms with Gasteiger partial charge in [0, 0.05) is 0 Å². The Morgan fingerprint density at radius 1 is 1.00 bits per heavy atom. The molecule has 0 unspecified atom stereocenters. The summed E-state index contributed by atoms with van der Waals surface area (Å²) >= 11 is 13.5. The Balaban J connectivity index is 4.14. The third-order valence-electron chi connectivity index (χ3n) is 0.859. The monoisotopic (exact) mass is 720 g/mol. The summed E-state index contributed by atoms with van der Waals surface area (Å²) in [6.07, 6.45) is 0. The molecule has 0 aliphatic heterocycles. The van der Waals surface area contributed by atoms with Crippen molar-refractivity contribution in [3.05, 3.63) is 0 Å². The zero-order valence-electron chi connectivity index (χ0n) is 4.60. The molecule has 9 heavy (non-hydrogen) atoms. The van der Waals surface area contributed by atoms with E-state index in [4.69, 9.17) is 0 Å². The molecule has 0 aromatic rings. The summed E-state index contributed by atoms with van der Waals surface area (Å²) in [7, 11) is 0. The normalized spacial score (nSPS) is 14.0. The topological polar surface area (TPSA) is 0 Å². The Hall–Kier alpha value is 4.08. The van der Waals surface area contributed by atoms with Crippen LogP contribution in [0.15, 0.2) is 0 Å². The summed E-state index contributed by atoms with van der Waals surface area (Å²) in [5.41, 5.74) is 0. The molecule has 0 bridgehead atoms. The molecule has 0 radical (unpaired) electrons. The van der Waals surface area contributed by atoms with Crippen LogP contribution in [-0.2, 0) is 0 Å². The summed E-state index contributed by atoms with van der Waals surface area (Å²) < 4.78 is -1.70. The first-order valence-electron chi connectivity index (χ1n) is 2.26. The molecule has 0 aromatic heterocycles. The van der Waals surface area contributed by atoms with E-state index in [-0.39, 0.29) is 0 Å². The molecular weight excluding hydrogens is 715 g/mol. The van der Waals surface area contributed by atoms with Crippen LogP contribution in [0.2, 0.25) is 6.04 Å². The Kier molecular flexibility index (Phi) is 7.39. The first-order chi connectivity index (χ1) is 3.81. The minimum absolute atomic E-state index is 0.840. The smallest absolute Gasteiger partial charge is 0.105 e. The predicted octanol–water partition coefficient (Wildman–Crippen LogP) is 4.64. The molecule has 0 spiro atoms. The van der Waals surface area contributed by atoms with Gasteiger partial charge in [0.15, 0.2) is 0 Å². The molecule has 0 heterocycles. The SMILES string of the molecule is CC[Si](I)(I)[Si](I)(I)I. The fraction of sp³-hybridized carbons (Fsp3) is 1.00. The summed E-state index contributed by atoms with van der Waals surface area (Å²) in [6, 6.07) is 1.41. The van der Waals surface area contributed by atoms with E-state index in [1.807, 2.05) is 0 Å². The quantitative estimate of drug-likeness (QED) is 0.222. The van der Waals surface area contributed by atoms with Gasteiger partial charge in [-0.05, 0) is 6.04 Å². The highest BCUT2D eigenvalue weighted by Crippen LogP contribution is 2.48. The Morgan fingerprint density at radius 3 is 1.33 bits per heavy atom. The van der Waals surface area contributed by atoms with Crippen molar-refractivity contribution in [1.82, 2.24) is 0 Å². The summed E-state index contributed by atoms with van der Waals surface area (Å²) in [6.45, 7) is 2.32. The lowest BCUT2D eigenvalue weighted by molar-refractivity contribution is 1.47. The van der Waals surface area contributed by atoms with Crippen molar-refractivity contribution in [2.24, 2.45) is 0 Å². The fourth-order valence-corrected chi connectivity index (χ4v) is 12.1. The van der Waals surface area contributed by atoms with Crippen LogP contribution in [0.5, 0.6) is 0 Å². The maximum atomic E-state index is 2.71. The number of hydrogen-bond acceptors (Lipinski definition) is 0. The summed E-state index contributed by atoms with van der Waals surface area (Å²) in [5, 5.41) is 0. The second-order valence-electron chi connectivity index (χ2n) is 1.56. The van der Waals surface area contributed by atoms with Crippen molar-refractivity contribution in [2.45, 2.75) is 13.0 Å². The molecule has 0 saturated carbocycles. The molecule has 0 nitrogen and oxygen atoms in total. The number of rotatable bonds is 2. The zero-order valence-corrected chi connectivity index (χ0v) is 17.4. The van der Waals surface area contributed by atoms with Gasteiger partial charge in [0.2, 0.25) is 2.58 Å². The van der Waals surface area contributed by atoms with E-state index in [2.05, 4.69) is 116 Å². The Bertz CT molecular complexity index is 95.6. The van der Waals surface area contributed by atoms with Gasteiger partial charge in [0.05, 0.1) is 0 Å². The molecule has 0 aliphatic rings. The molecule has 0 rings (SSSR count). The van der Waals surface area contributed by atoms with Crippen LogP contribution in [0.25, 0.3) is 0 Å². The third kappa shape index (κ3) is 4.75. The summed E-state index contributed by atoms with van der Waals surface area (Å²) in [5.74, 6) is 0. The molecule has 56 valence electrons. The van der Waals surface area contributed by atoms with Crippen LogP contribution in [0.3, 0.4) is 0 Å². The molecule has 0 N–H and O–H groups in total. The van der Waals surface area contributed by atoms with Crippen LogP contribution in [0.1, 0.15) is 6.92 Å². The average Bonchev–Trinajstić information content (AvgIpc) is 1.64. The maximum Gasteiger partial charge on any atom is 0.264 e. The fourth-order valence-electron chi connectivity index (χ4n) is 0.200. The molecule has 0 aliphatic carbocycles. The zero-order chi connectivity index (χ0) is 7.71. The van der Waals surface area contributed by atoms with E-state index in [1.165, 1.54) is 6.04 Å². The van der Waals surface area contributed by atoms with Crippen LogP contribution < -0.4 is 0 Å². The lowest BCUT2D eigenvalue weighted by atomic mass is 11.0. The van der Waals surface area contributed by atoms with Gasteiger partial charge in [-0.25, -0.2) is 0 Å². The predicted molar refractivity (Wildman–Crippen MR) is 92.1 cm³/mol. The van der Waals surface area contributed by atoms with E-state index in [9.17, 15) is 0 Å². The standard InChI is InChI=1S/C2H5I5Si2/c1-2-8(3,4)9(5,6)7/h2H2,1H3. The van der Waals surface area contributed by atoms with Crippen molar-refractivity contribution in [1.29, 1.82) is 0 Å². The largest absolute Gasteiger partial charge is 0.264 e. The van der Waals surface area contributed by atoms with Crippen LogP contribution in [0.4, 0.5) is 0 Å². The van der Waals surface area contributed by atoms with E-state index < -0.39 is 2.67 Å². The number of hydrogen-bond donors (Lipinski definition) is 0. The second kappa shape index (κ2) is 5.09. The van der Waals surface area contributed by atoms with Crippen molar-refractivity contribution in [3.63, 3.8) is 0 Å². The second-order valence-corrected chi connectivity index (χ2v) is 75.1. The molecular formula is C2H5I5Si2. The van der Waals surface area contributed by atoms with E-state index >= 15 is 0 Å². The van der Waals surface area contributed by atoms with E-state index in [1.54, 1.807) is 0 Å². The van der Waals surface area contributed by atoms with Crippen LogP contribution in [0, 0.1) is 0 Å². The van der Waals surface area contributed by atoms with E-state index in [0.717, 1.165) is 0 Å². The minimum Gasteiger partial charge on any atom is -0.105 e. The van der Waals surface area contributed by atoms with Gasteiger partial charge in [-0.1, -0.05) is 72.3 Å². The lowest BCUT2D eigenvalue weighted by Gasteiger charge is -2.23. The number of halogens is 5. The average molecular weight is 720 g/mol. The van der Waals surface area contributed by atoms with Gasteiger partial charge >= 0.3 is 0 Å². The van der Waals surface area contributed by atoms with Gasteiger partial charge in [0.25, 0.3) is 0.0813 Å². The highest BCUT2D eigenvalue weighted by atomic mass is 127. The molecule has 0 saturated heterocycles. The first-order valence-corrected chi connectivity index (χ1v) is 23.0. The molecule has 7 heteroatoms. The highest BCUT2D eigenvalue weighted by Gasteiger charge is 2.46. The van der Waals surface area contributed by atoms with Gasteiger partial charge in [0.1, 0.15) is 0 Å². The van der Waals surface area contributed by atoms with Crippen molar-refractivity contribution in [3.8, 4) is 0 Å². The lowest BCUT2D eigenvalue weighted by Crippen LogP contribution is -2.38. The van der Waals surface area contributed by atoms with Crippen LogP contribution in [-0.4, -0.2) is 2.67 Å². The third-order valence-corrected chi connectivity index (χ3v) is 106. The van der Waals surface area contributed by atoms with Gasteiger partial charge < -0.3 is 0 Å². The van der Waals surface area contributed by atoms with Crippen LogP contribution >= 0.6 is 109 Å². The van der Waals surface area contributed by atoms with Gasteiger partial charge in [-0.3, -0.25) is 0 Å². The molecule has 0 aromatic carbocycles. The Labute approximate surface area is 121 Å². The molecule has 0 fully saturated rings. The Morgan fingerprint density at radius 2 is 1.33 bits per heavy atom. The minimum atomic E-state index is -0.863. The van der Waals surface area contributed by atoms with Crippen molar-refractivity contribution >= 4 is 112 Å². The van der Waals surface area contributed by atoms with Crippen molar-refractivity contribution < 1.29 is 0 Å². The highest BCUT2D eigenvalue weighted by molar-refractivity contribution is 14.4. The van der Waals surface area contributed by atoms with Crippen molar-refractivity contribution in [2.75, 3.05) is 0 Å². The maximum absolute atomic E-state index is 2.71. The first kappa shape index (κ1) is 13.1. The van der Waals surface area contributed by atoms with Gasteiger partial charge in [-0.2, -0.15) is 0 Å². The van der Waals surface area contributed by atoms with Gasteiger partial charge in [-0.15, -0.1) is 43.6 Å². The summed E-state index contributed by atoms with van der Waals surface area (Å²) in [4.78, 5) is 0. The van der Waals surface area contributed by atoms with E-state index in [0.29, 0.717) is 0 Å². The molecule has 0 atom stereocenters. The molecule has 0 amide bonds.